The molecule has 0 saturated carbocycles. The normalized spacial score (nSPS) is 11.1. The molecule has 0 atom stereocenters. The average Bonchev–Trinajstić information content (AvgIpc) is 2.91. The molecule has 2 heterocycles. The second-order valence-corrected chi connectivity index (χ2v) is 4.62. The summed E-state index contributed by atoms with van der Waals surface area (Å²) in [6, 6.07) is 11.3. The third kappa shape index (κ3) is 1.81. The summed E-state index contributed by atoms with van der Waals surface area (Å²) in [5.41, 5.74) is 2.94. The van der Waals surface area contributed by atoms with Crippen LogP contribution < -0.4 is 0 Å². The fourth-order valence-corrected chi connectivity index (χ4v) is 2.24. The first-order chi connectivity index (χ1) is 9.06. The van der Waals surface area contributed by atoms with Crippen LogP contribution in [-0.2, 0) is 7.05 Å². The summed E-state index contributed by atoms with van der Waals surface area (Å²) in [6.07, 6.45) is 0. The predicted octanol–water partition coefficient (Wildman–Crippen LogP) is 3.44. The third-order valence-corrected chi connectivity index (χ3v) is 3.27. The average molecular weight is 255 g/mol. The van der Waals surface area contributed by atoms with E-state index in [1.54, 1.807) is 23.7 Å². The molecule has 0 amide bonds. The maximum absolute atomic E-state index is 11.0. The molecule has 19 heavy (non-hydrogen) atoms. The molecule has 1 aromatic carbocycles. The molecular weight excluding hydrogens is 242 g/mol. The van der Waals surface area contributed by atoms with Crippen molar-refractivity contribution in [3.8, 4) is 11.5 Å². The zero-order valence-corrected chi connectivity index (χ0v) is 10.7. The number of furan rings is 1. The van der Waals surface area contributed by atoms with Crippen molar-refractivity contribution in [1.29, 1.82) is 0 Å². The van der Waals surface area contributed by atoms with Crippen LogP contribution in [0.2, 0.25) is 0 Å². The molecule has 0 aliphatic heterocycles. The summed E-state index contributed by atoms with van der Waals surface area (Å²) < 4.78 is 7.41. The minimum atomic E-state index is -0.944. The van der Waals surface area contributed by atoms with E-state index in [1.165, 1.54) is 0 Å². The van der Waals surface area contributed by atoms with Crippen molar-refractivity contribution in [2.45, 2.75) is 6.92 Å². The summed E-state index contributed by atoms with van der Waals surface area (Å²) in [4.78, 5) is 11.0. The molecule has 96 valence electrons. The highest BCUT2D eigenvalue weighted by molar-refractivity contribution is 5.88. The molecule has 0 spiro atoms. The number of aromatic carboxylic acids is 1. The molecule has 0 fully saturated rings. The van der Waals surface area contributed by atoms with Crippen LogP contribution in [0, 0.1) is 6.92 Å². The van der Waals surface area contributed by atoms with Crippen LogP contribution in [0.5, 0.6) is 0 Å². The zero-order valence-electron chi connectivity index (χ0n) is 10.7. The Labute approximate surface area is 109 Å². The summed E-state index contributed by atoms with van der Waals surface area (Å²) in [5, 5.41) is 10.1. The van der Waals surface area contributed by atoms with Gasteiger partial charge in [0.2, 0.25) is 0 Å². The van der Waals surface area contributed by atoms with Gasteiger partial charge in [-0.3, -0.25) is 0 Å². The van der Waals surface area contributed by atoms with Gasteiger partial charge in [-0.1, -0.05) is 12.1 Å². The number of aromatic nitrogens is 1. The Hall–Kier alpha value is -2.49. The van der Waals surface area contributed by atoms with E-state index < -0.39 is 5.97 Å². The number of hydrogen-bond acceptors (Lipinski definition) is 2. The highest BCUT2D eigenvalue weighted by atomic mass is 16.4. The summed E-state index contributed by atoms with van der Waals surface area (Å²) in [7, 11) is 1.72. The molecule has 0 aliphatic carbocycles. The van der Waals surface area contributed by atoms with Crippen LogP contribution in [0.15, 0.2) is 40.8 Å². The van der Waals surface area contributed by atoms with Gasteiger partial charge >= 0.3 is 5.97 Å². The lowest BCUT2D eigenvalue weighted by molar-refractivity contribution is 0.0687. The van der Waals surface area contributed by atoms with Crippen LogP contribution in [0.3, 0.4) is 0 Å². The van der Waals surface area contributed by atoms with Crippen molar-refractivity contribution in [2.24, 2.45) is 7.05 Å². The van der Waals surface area contributed by atoms with E-state index in [9.17, 15) is 4.79 Å². The summed E-state index contributed by atoms with van der Waals surface area (Å²) >= 11 is 0. The number of hydrogen-bond donors (Lipinski definition) is 1. The van der Waals surface area contributed by atoms with E-state index >= 15 is 0 Å². The number of benzene rings is 1. The standard InChI is InChI=1S/C15H13NO3/c1-9-3-4-10-8-14(19-13(10)7-9)11-5-6-12(15(17)18)16(11)2/h3-8H,1-2H3,(H,17,18). The van der Waals surface area contributed by atoms with E-state index in [2.05, 4.69) is 0 Å². The molecular formula is C15H13NO3. The minimum absolute atomic E-state index is 0.242. The van der Waals surface area contributed by atoms with Crippen LogP contribution in [0.25, 0.3) is 22.4 Å². The summed E-state index contributed by atoms with van der Waals surface area (Å²) in [5.74, 6) is -0.267. The van der Waals surface area contributed by atoms with Crippen molar-refractivity contribution < 1.29 is 14.3 Å². The smallest absolute Gasteiger partial charge is 0.352 e. The third-order valence-electron chi connectivity index (χ3n) is 3.27. The zero-order chi connectivity index (χ0) is 13.6. The second-order valence-electron chi connectivity index (χ2n) is 4.62. The fraction of sp³-hybridized carbons (Fsp3) is 0.133. The monoisotopic (exact) mass is 255 g/mol. The van der Waals surface area contributed by atoms with E-state index in [1.807, 2.05) is 31.2 Å². The van der Waals surface area contributed by atoms with Gasteiger partial charge in [0.25, 0.3) is 0 Å². The number of rotatable bonds is 2. The van der Waals surface area contributed by atoms with Gasteiger partial charge in [0.1, 0.15) is 11.3 Å². The topological polar surface area (TPSA) is 55.4 Å². The quantitative estimate of drug-likeness (QED) is 0.763. The van der Waals surface area contributed by atoms with Crippen molar-refractivity contribution in [1.82, 2.24) is 4.57 Å². The van der Waals surface area contributed by atoms with Gasteiger partial charge in [-0.2, -0.15) is 0 Å². The van der Waals surface area contributed by atoms with Crippen LogP contribution in [-0.4, -0.2) is 15.6 Å². The highest BCUT2D eigenvalue weighted by Crippen LogP contribution is 2.29. The van der Waals surface area contributed by atoms with Gasteiger partial charge in [-0.05, 0) is 36.8 Å². The van der Waals surface area contributed by atoms with Crippen LogP contribution in [0.1, 0.15) is 16.1 Å². The first kappa shape index (κ1) is 11.6. The molecule has 0 radical (unpaired) electrons. The van der Waals surface area contributed by atoms with Crippen molar-refractivity contribution in [2.75, 3.05) is 0 Å². The molecule has 0 bridgehead atoms. The molecule has 1 N–H and O–H groups in total. The molecule has 3 aromatic rings. The van der Waals surface area contributed by atoms with Crippen molar-refractivity contribution in [3.63, 3.8) is 0 Å². The van der Waals surface area contributed by atoms with Crippen molar-refractivity contribution in [3.05, 3.63) is 47.7 Å². The lowest BCUT2D eigenvalue weighted by Crippen LogP contribution is -2.04. The largest absolute Gasteiger partial charge is 0.477 e. The van der Waals surface area contributed by atoms with E-state index in [-0.39, 0.29) is 5.69 Å². The molecule has 4 heteroatoms. The lowest BCUT2D eigenvalue weighted by atomic mass is 10.2. The number of carboxylic acid groups (broad SMARTS) is 1. The molecule has 0 saturated heterocycles. The van der Waals surface area contributed by atoms with E-state index in [4.69, 9.17) is 9.52 Å². The first-order valence-corrected chi connectivity index (χ1v) is 5.96. The van der Waals surface area contributed by atoms with Gasteiger partial charge in [-0.15, -0.1) is 0 Å². The number of fused-ring (bicyclic) bond motifs is 1. The molecule has 0 aliphatic rings. The van der Waals surface area contributed by atoms with Gasteiger partial charge < -0.3 is 14.1 Å². The predicted molar refractivity (Wildman–Crippen MR) is 72.3 cm³/mol. The molecule has 3 rings (SSSR count). The Morgan fingerprint density at radius 1 is 1.21 bits per heavy atom. The second kappa shape index (κ2) is 4.02. The molecule has 2 aromatic heterocycles. The maximum atomic E-state index is 11.0. The molecule has 0 unspecified atom stereocenters. The fourth-order valence-electron chi connectivity index (χ4n) is 2.24. The van der Waals surface area contributed by atoms with Crippen molar-refractivity contribution >= 4 is 16.9 Å². The number of carboxylic acids is 1. The first-order valence-electron chi connectivity index (χ1n) is 5.96. The lowest BCUT2D eigenvalue weighted by Gasteiger charge is -2.01. The Balaban J connectivity index is 2.16. The Morgan fingerprint density at radius 2 is 2.00 bits per heavy atom. The number of nitrogens with zero attached hydrogens (tertiary/aromatic N) is 1. The highest BCUT2D eigenvalue weighted by Gasteiger charge is 2.15. The van der Waals surface area contributed by atoms with Gasteiger partial charge in [0.05, 0.1) is 5.69 Å². The Bertz CT molecular complexity index is 780. The van der Waals surface area contributed by atoms with Crippen LogP contribution in [0.4, 0.5) is 0 Å². The SMILES string of the molecule is Cc1ccc2cc(-c3ccc(C(=O)O)n3C)oc2c1. The van der Waals surface area contributed by atoms with Crippen LogP contribution >= 0.6 is 0 Å². The molecule has 4 nitrogen and oxygen atoms in total. The van der Waals surface area contributed by atoms with Gasteiger partial charge in [0.15, 0.2) is 5.76 Å². The summed E-state index contributed by atoms with van der Waals surface area (Å²) in [6.45, 7) is 2.01. The van der Waals surface area contributed by atoms with E-state index in [0.29, 0.717) is 5.76 Å². The van der Waals surface area contributed by atoms with Gasteiger partial charge in [0, 0.05) is 12.4 Å². The minimum Gasteiger partial charge on any atom is -0.477 e. The van der Waals surface area contributed by atoms with Gasteiger partial charge in [-0.25, -0.2) is 4.79 Å². The van der Waals surface area contributed by atoms with E-state index in [0.717, 1.165) is 22.2 Å². The maximum Gasteiger partial charge on any atom is 0.352 e. The Morgan fingerprint density at radius 3 is 2.68 bits per heavy atom. The number of carbonyl (C=O) groups is 1. The number of aryl methyl sites for hydroxylation is 1. The Kier molecular flexibility index (Phi) is 2.45.